The molecule has 3 aromatic rings. The van der Waals surface area contributed by atoms with Gasteiger partial charge in [0, 0.05) is 23.3 Å². The zero-order valence-corrected chi connectivity index (χ0v) is 12.2. The number of hydrogen-bond acceptors (Lipinski definition) is 4. The number of para-hydroxylation sites is 1. The van der Waals surface area contributed by atoms with Gasteiger partial charge in [-0.3, -0.25) is 4.98 Å². The van der Waals surface area contributed by atoms with Crippen LogP contribution in [0.3, 0.4) is 0 Å². The van der Waals surface area contributed by atoms with Gasteiger partial charge in [-0.1, -0.05) is 30.4 Å². The average Bonchev–Trinajstić information content (AvgIpc) is 2.48. The number of fused-ring (bicyclic) bond motifs is 1. The molecule has 0 aliphatic carbocycles. The zero-order valence-electron chi connectivity index (χ0n) is 11.4. The number of pyridine rings is 2. The largest absolute Gasteiger partial charge is 0.455 e. The molecule has 104 valence electrons. The fourth-order valence-corrected chi connectivity index (χ4v) is 2.15. The van der Waals surface area contributed by atoms with Gasteiger partial charge in [0.2, 0.25) is 0 Å². The minimum absolute atomic E-state index is 0.243. The van der Waals surface area contributed by atoms with Crippen molar-refractivity contribution in [3.8, 4) is 11.5 Å². The van der Waals surface area contributed by atoms with Gasteiger partial charge in [0.15, 0.2) is 5.75 Å². The second kappa shape index (κ2) is 5.46. The molecule has 0 saturated carbocycles. The Labute approximate surface area is 127 Å². The molecule has 0 bridgehead atoms. The molecule has 2 N–H and O–H groups in total. The third-order valence-corrected chi connectivity index (χ3v) is 3.24. The summed E-state index contributed by atoms with van der Waals surface area (Å²) in [6, 6.07) is 13.3. The van der Waals surface area contributed by atoms with Crippen LogP contribution in [0.2, 0.25) is 0 Å². The third-order valence-electron chi connectivity index (χ3n) is 3.03. The van der Waals surface area contributed by atoms with Gasteiger partial charge in [-0.25, -0.2) is 4.98 Å². The first-order valence-electron chi connectivity index (χ1n) is 6.43. The maximum absolute atomic E-state index is 5.92. The van der Waals surface area contributed by atoms with Crippen LogP contribution in [0.4, 0.5) is 0 Å². The molecular formula is C16H13N3OS. The van der Waals surface area contributed by atoms with Crippen molar-refractivity contribution in [2.24, 2.45) is 5.73 Å². The second-order valence-electron chi connectivity index (χ2n) is 4.62. The molecule has 5 heteroatoms. The summed E-state index contributed by atoms with van der Waals surface area (Å²) in [5.41, 5.74) is 7.89. The maximum atomic E-state index is 5.92. The van der Waals surface area contributed by atoms with Crippen molar-refractivity contribution >= 4 is 28.1 Å². The van der Waals surface area contributed by atoms with Crippen molar-refractivity contribution in [2.45, 2.75) is 6.92 Å². The van der Waals surface area contributed by atoms with E-state index >= 15 is 0 Å². The number of aromatic nitrogens is 2. The number of hydrogen-bond donors (Lipinski definition) is 1. The van der Waals surface area contributed by atoms with Crippen LogP contribution in [0.1, 0.15) is 11.4 Å². The van der Waals surface area contributed by atoms with Crippen LogP contribution in [0, 0.1) is 6.92 Å². The average molecular weight is 295 g/mol. The molecule has 1 aromatic carbocycles. The Hall–Kier alpha value is -2.53. The molecule has 0 radical (unpaired) electrons. The Balaban J connectivity index is 2.04. The van der Waals surface area contributed by atoms with Gasteiger partial charge >= 0.3 is 0 Å². The molecule has 2 aromatic heterocycles. The highest BCUT2D eigenvalue weighted by atomic mass is 32.1. The van der Waals surface area contributed by atoms with Crippen LogP contribution in [0.15, 0.2) is 48.7 Å². The molecule has 0 saturated heterocycles. The highest BCUT2D eigenvalue weighted by molar-refractivity contribution is 7.80. The Morgan fingerprint density at radius 3 is 2.86 bits per heavy atom. The molecule has 0 unspecified atom stereocenters. The summed E-state index contributed by atoms with van der Waals surface area (Å²) >= 11 is 4.93. The van der Waals surface area contributed by atoms with Gasteiger partial charge in [-0.2, -0.15) is 0 Å². The topological polar surface area (TPSA) is 61.0 Å². The third kappa shape index (κ3) is 2.83. The van der Waals surface area contributed by atoms with E-state index in [-0.39, 0.29) is 4.99 Å². The minimum Gasteiger partial charge on any atom is -0.455 e. The summed E-state index contributed by atoms with van der Waals surface area (Å²) in [4.78, 5) is 8.88. The summed E-state index contributed by atoms with van der Waals surface area (Å²) in [6.45, 7) is 1.95. The van der Waals surface area contributed by atoms with E-state index in [0.717, 1.165) is 16.6 Å². The quantitative estimate of drug-likeness (QED) is 0.751. The fourth-order valence-electron chi connectivity index (χ4n) is 2.04. The molecule has 0 aliphatic heterocycles. The van der Waals surface area contributed by atoms with E-state index in [2.05, 4.69) is 9.97 Å². The van der Waals surface area contributed by atoms with Gasteiger partial charge < -0.3 is 10.5 Å². The Bertz CT molecular complexity index is 833. The first-order valence-corrected chi connectivity index (χ1v) is 6.84. The summed E-state index contributed by atoms with van der Waals surface area (Å²) in [5.74, 6) is 1.32. The number of rotatable bonds is 3. The molecule has 3 rings (SSSR count). The van der Waals surface area contributed by atoms with E-state index in [0.29, 0.717) is 17.2 Å². The number of aryl methyl sites for hydroxylation is 1. The predicted octanol–water partition coefficient (Wildman–Crippen LogP) is 3.36. The molecule has 2 heterocycles. The second-order valence-corrected chi connectivity index (χ2v) is 5.06. The lowest BCUT2D eigenvalue weighted by Crippen LogP contribution is -2.11. The molecule has 0 aliphatic rings. The van der Waals surface area contributed by atoms with E-state index < -0.39 is 0 Å². The monoisotopic (exact) mass is 295 g/mol. The zero-order chi connectivity index (χ0) is 14.8. The molecule has 4 nitrogen and oxygen atoms in total. The number of nitrogens with two attached hydrogens (primary N) is 1. The van der Waals surface area contributed by atoms with Crippen molar-refractivity contribution in [3.05, 3.63) is 60.0 Å². The van der Waals surface area contributed by atoms with E-state index in [1.165, 1.54) is 0 Å². The lowest BCUT2D eigenvalue weighted by molar-refractivity contribution is 0.486. The van der Waals surface area contributed by atoms with Crippen molar-refractivity contribution < 1.29 is 4.74 Å². The van der Waals surface area contributed by atoms with E-state index in [1.807, 2.05) is 37.3 Å². The molecular weight excluding hydrogens is 282 g/mol. The highest BCUT2D eigenvalue weighted by Gasteiger charge is 2.07. The molecule has 0 spiro atoms. The smallest absolute Gasteiger partial charge is 0.153 e. The predicted molar refractivity (Wildman–Crippen MR) is 86.7 cm³/mol. The Kier molecular flexibility index (Phi) is 3.50. The van der Waals surface area contributed by atoms with E-state index in [1.54, 1.807) is 18.3 Å². The van der Waals surface area contributed by atoms with Crippen LogP contribution in [0.25, 0.3) is 10.9 Å². The van der Waals surface area contributed by atoms with Crippen LogP contribution in [-0.2, 0) is 0 Å². The van der Waals surface area contributed by atoms with Gasteiger partial charge in [0.1, 0.15) is 21.9 Å². The Morgan fingerprint density at radius 2 is 2.05 bits per heavy atom. The van der Waals surface area contributed by atoms with Crippen LogP contribution in [-0.4, -0.2) is 15.0 Å². The van der Waals surface area contributed by atoms with Gasteiger partial charge in [0.05, 0.1) is 0 Å². The summed E-state index contributed by atoms with van der Waals surface area (Å²) in [7, 11) is 0. The highest BCUT2D eigenvalue weighted by Crippen LogP contribution is 2.28. The van der Waals surface area contributed by atoms with Crippen molar-refractivity contribution in [3.63, 3.8) is 0 Å². The normalized spacial score (nSPS) is 10.5. The van der Waals surface area contributed by atoms with Gasteiger partial charge in [-0.05, 0) is 25.1 Å². The van der Waals surface area contributed by atoms with Gasteiger partial charge in [-0.15, -0.1) is 0 Å². The number of nitrogens with zero attached hydrogens (tertiary/aromatic N) is 2. The van der Waals surface area contributed by atoms with Crippen molar-refractivity contribution in [1.29, 1.82) is 0 Å². The summed E-state index contributed by atoms with van der Waals surface area (Å²) in [6.07, 6.45) is 1.62. The van der Waals surface area contributed by atoms with Crippen molar-refractivity contribution in [2.75, 3.05) is 0 Å². The Morgan fingerprint density at radius 1 is 1.19 bits per heavy atom. The molecule has 0 amide bonds. The first kappa shape index (κ1) is 13.5. The number of ether oxygens (including phenoxy) is 1. The SMILES string of the molecule is Cc1ccc2cccc(Oc3ccnc(C(N)=S)c3)c2n1. The molecule has 0 atom stereocenters. The standard InChI is InChI=1S/C16H13N3OS/c1-10-5-6-11-3-2-4-14(15(11)19-10)20-12-7-8-18-13(9-12)16(17)21/h2-9H,1H3,(H2,17,21). The van der Waals surface area contributed by atoms with Crippen LogP contribution in [0.5, 0.6) is 11.5 Å². The van der Waals surface area contributed by atoms with Crippen LogP contribution >= 0.6 is 12.2 Å². The van der Waals surface area contributed by atoms with Crippen molar-refractivity contribution in [1.82, 2.24) is 9.97 Å². The minimum atomic E-state index is 0.243. The van der Waals surface area contributed by atoms with Crippen LogP contribution < -0.4 is 10.5 Å². The molecule has 21 heavy (non-hydrogen) atoms. The lowest BCUT2D eigenvalue weighted by atomic mass is 10.2. The van der Waals surface area contributed by atoms with E-state index in [4.69, 9.17) is 22.7 Å². The summed E-state index contributed by atoms with van der Waals surface area (Å²) < 4.78 is 5.92. The number of benzene rings is 1. The first-order chi connectivity index (χ1) is 10.1. The molecule has 0 fully saturated rings. The summed E-state index contributed by atoms with van der Waals surface area (Å²) in [5, 5.41) is 1.03. The maximum Gasteiger partial charge on any atom is 0.153 e. The van der Waals surface area contributed by atoms with Gasteiger partial charge in [0.25, 0.3) is 0 Å². The number of thiocarbonyl (C=S) groups is 1. The lowest BCUT2D eigenvalue weighted by Gasteiger charge is -2.09. The van der Waals surface area contributed by atoms with E-state index in [9.17, 15) is 0 Å². The fraction of sp³-hybridized carbons (Fsp3) is 0.0625.